The van der Waals surface area contributed by atoms with Gasteiger partial charge in [-0.1, -0.05) is 0 Å². The summed E-state index contributed by atoms with van der Waals surface area (Å²) in [6.07, 6.45) is 1.23. The van der Waals surface area contributed by atoms with Gasteiger partial charge in [-0.2, -0.15) is 0 Å². The summed E-state index contributed by atoms with van der Waals surface area (Å²) in [7, 11) is 0. The lowest BCUT2D eigenvalue weighted by molar-refractivity contribution is 0.942. The molecule has 0 bridgehead atoms. The van der Waals surface area contributed by atoms with Crippen LogP contribution < -0.4 is 10.6 Å². The molecule has 1 rings (SSSR count). The highest BCUT2D eigenvalue weighted by molar-refractivity contribution is 4.99. The summed E-state index contributed by atoms with van der Waals surface area (Å²) in [5.74, 6) is 0.722. The van der Waals surface area contributed by atoms with Gasteiger partial charge in [0.05, 0.1) is 0 Å². The largest absolute Gasteiger partial charge is 0.369 e. The zero-order valence-corrected chi connectivity index (χ0v) is 4.35. The van der Waals surface area contributed by atoms with Gasteiger partial charge in [-0.25, -0.2) is 0 Å². The molecular weight excluding hydrogens is 106 g/mol. The number of nitroso groups, excluding NO2 is 1. The molecule has 0 aromatic carbocycles. The summed E-state index contributed by atoms with van der Waals surface area (Å²) in [4.78, 5) is 9.55. The van der Waals surface area contributed by atoms with Crippen molar-refractivity contribution in [2.75, 3.05) is 13.1 Å². The minimum atomic E-state index is 0.722. The first-order valence-electron chi connectivity index (χ1n) is 2.44. The molecule has 1 saturated heterocycles. The predicted octanol–water partition coefficient (Wildman–Crippen LogP) is -0.256. The van der Waals surface area contributed by atoms with E-state index < -0.39 is 0 Å². The Hall–Kier alpha value is -1.06. The van der Waals surface area contributed by atoms with Crippen LogP contribution >= 0.6 is 0 Å². The van der Waals surface area contributed by atoms with Gasteiger partial charge in [-0.3, -0.25) is 0 Å². The van der Waals surface area contributed by atoms with Crippen LogP contribution in [0.3, 0.4) is 0 Å². The van der Waals surface area contributed by atoms with Gasteiger partial charge in [0.2, 0.25) is 0 Å². The van der Waals surface area contributed by atoms with Gasteiger partial charge in [0, 0.05) is 13.1 Å². The number of nitrogens with one attached hydrogen (secondary N) is 2. The zero-order valence-electron chi connectivity index (χ0n) is 4.35. The van der Waals surface area contributed by atoms with Crippen molar-refractivity contribution in [3.8, 4) is 0 Å². The maximum Gasteiger partial charge on any atom is 0.121 e. The second-order valence-corrected chi connectivity index (χ2v) is 1.50. The summed E-state index contributed by atoms with van der Waals surface area (Å²) in [5.41, 5.74) is 0. The molecule has 0 aromatic rings. The van der Waals surface area contributed by atoms with Crippen LogP contribution in [0.2, 0.25) is 0 Å². The Morgan fingerprint density at radius 1 is 1.50 bits per heavy atom. The molecule has 0 radical (unpaired) electrons. The Bertz CT molecular complexity index is 112. The second-order valence-electron chi connectivity index (χ2n) is 1.50. The molecule has 8 heavy (non-hydrogen) atoms. The topological polar surface area (TPSA) is 53.5 Å². The van der Waals surface area contributed by atoms with Crippen molar-refractivity contribution >= 4 is 0 Å². The van der Waals surface area contributed by atoms with Gasteiger partial charge in [0.15, 0.2) is 0 Å². The van der Waals surface area contributed by atoms with Crippen molar-refractivity contribution in [1.29, 1.82) is 0 Å². The lowest BCUT2D eigenvalue weighted by atomic mass is 10.7. The summed E-state index contributed by atoms with van der Waals surface area (Å²) < 4.78 is 0. The minimum absolute atomic E-state index is 0.722. The van der Waals surface area contributed by atoms with Crippen LogP contribution in [0.1, 0.15) is 0 Å². The van der Waals surface area contributed by atoms with E-state index in [1.54, 1.807) is 0 Å². The van der Waals surface area contributed by atoms with Crippen LogP contribution in [0, 0.1) is 4.91 Å². The zero-order chi connectivity index (χ0) is 5.82. The van der Waals surface area contributed by atoms with Crippen LogP contribution in [0.4, 0.5) is 0 Å². The number of hydrogen-bond donors (Lipinski definition) is 2. The molecular formula is C4H7N3O. The fourth-order valence-corrected chi connectivity index (χ4v) is 0.601. The molecule has 4 heteroatoms. The minimum Gasteiger partial charge on any atom is -0.369 e. The lowest BCUT2D eigenvalue weighted by Gasteiger charge is -1.91. The van der Waals surface area contributed by atoms with Crippen LogP contribution in [-0.2, 0) is 0 Å². The van der Waals surface area contributed by atoms with E-state index in [0.717, 1.165) is 18.9 Å². The van der Waals surface area contributed by atoms with Crippen molar-refractivity contribution < 1.29 is 0 Å². The Morgan fingerprint density at radius 2 is 2.12 bits per heavy atom. The first-order valence-corrected chi connectivity index (χ1v) is 2.44. The smallest absolute Gasteiger partial charge is 0.121 e. The Balaban J connectivity index is 2.44. The number of rotatable bonds is 1. The van der Waals surface area contributed by atoms with Crippen LogP contribution in [-0.4, -0.2) is 13.1 Å². The fraction of sp³-hybridized carbons (Fsp3) is 0.500. The van der Waals surface area contributed by atoms with E-state index in [-0.39, 0.29) is 0 Å². The van der Waals surface area contributed by atoms with Gasteiger partial charge in [0.25, 0.3) is 0 Å². The van der Waals surface area contributed by atoms with Crippen molar-refractivity contribution in [2.24, 2.45) is 5.18 Å². The third-order valence-electron chi connectivity index (χ3n) is 0.938. The second kappa shape index (κ2) is 2.30. The van der Waals surface area contributed by atoms with Gasteiger partial charge in [-0.15, -0.1) is 4.91 Å². The first kappa shape index (κ1) is 5.08. The standard InChI is InChI=1S/C4H7N3O/c8-7-3-4-5-1-2-6-4/h3,5-6H,1-2H2. The van der Waals surface area contributed by atoms with E-state index in [1.807, 2.05) is 0 Å². The molecule has 0 saturated carbocycles. The van der Waals surface area contributed by atoms with Crippen molar-refractivity contribution in [2.45, 2.75) is 0 Å². The van der Waals surface area contributed by atoms with Crippen molar-refractivity contribution in [3.63, 3.8) is 0 Å². The molecule has 1 aliphatic rings. The van der Waals surface area contributed by atoms with Crippen LogP contribution in [0.25, 0.3) is 0 Å². The summed E-state index contributed by atoms with van der Waals surface area (Å²) >= 11 is 0. The normalized spacial score (nSPS) is 16.8. The lowest BCUT2D eigenvalue weighted by Crippen LogP contribution is -2.08. The summed E-state index contributed by atoms with van der Waals surface area (Å²) in [6.45, 7) is 1.75. The van der Waals surface area contributed by atoms with Crippen molar-refractivity contribution in [3.05, 3.63) is 16.9 Å². The third-order valence-corrected chi connectivity index (χ3v) is 0.938. The molecule has 0 aromatic heterocycles. The monoisotopic (exact) mass is 113 g/mol. The van der Waals surface area contributed by atoms with Crippen molar-refractivity contribution in [1.82, 2.24) is 10.6 Å². The quantitative estimate of drug-likeness (QED) is 0.461. The maximum atomic E-state index is 9.55. The molecule has 0 amide bonds. The average Bonchev–Trinajstić information content (AvgIpc) is 2.19. The van der Waals surface area contributed by atoms with E-state index in [2.05, 4.69) is 15.8 Å². The van der Waals surface area contributed by atoms with Crippen LogP contribution in [0.15, 0.2) is 17.2 Å². The Morgan fingerprint density at radius 3 is 2.62 bits per heavy atom. The average molecular weight is 113 g/mol. The molecule has 1 heterocycles. The molecule has 0 unspecified atom stereocenters. The highest BCUT2D eigenvalue weighted by Crippen LogP contribution is 1.87. The van der Waals surface area contributed by atoms with E-state index in [4.69, 9.17) is 0 Å². The maximum absolute atomic E-state index is 9.55. The highest BCUT2D eigenvalue weighted by Gasteiger charge is 2.00. The molecule has 0 aliphatic carbocycles. The SMILES string of the molecule is O=NC=C1NCCN1. The predicted molar refractivity (Wildman–Crippen MR) is 29.9 cm³/mol. The third kappa shape index (κ3) is 0.959. The van der Waals surface area contributed by atoms with E-state index in [0.29, 0.717) is 0 Å². The van der Waals surface area contributed by atoms with Crippen LogP contribution in [0.5, 0.6) is 0 Å². The van der Waals surface area contributed by atoms with Gasteiger partial charge < -0.3 is 10.6 Å². The Kier molecular flexibility index (Phi) is 1.46. The van der Waals surface area contributed by atoms with Gasteiger partial charge >= 0.3 is 0 Å². The molecule has 1 fully saturated rings. The van der Waals surface area contributed by atoms with E-state index in [1.165, 1.54) is 6.20 Å². The number of nitrogens with zero attached hydrogens (tertiary/aromatic N) is 1. The highest BCUT2D eigenvalue weighted by atomic mass is 16.2. The fourth-order valence-electron chi connectivity index (χ4n) is 0.601. The summed E-state index contributed by atoms with van der Waals surface area (Å²) in [5, 5.41) is 8.41. The molecule has 1 aliphatic heterocycles. The summed E-state index contributed by atoms with van der Waals surface area (Å²) in [6, 6.07) is 0. The first-order chi connectivity index (χ1) is 3.93. The van der Waals surface area contributed by atoms with Gasteiger partial charge in [0.1, 0.15) is 12.0 Å². The van der Waals surface area contributed by atoms with E-state index >= 15 is 0 Å². The molecule has 44 valence electrons. The Labute approximate surface area is 46.9 Å². The molecule has 0 atom stereocenters. The number of hydrogen-bond acceptors (Lipinski definition) is 4. The molecule has 0 spiro atoms. The molecule has 2 N–H and O–H groups in total. The van der Waals surface area contributed by atoms with Gasteiger partial charge in [-0.05, 0) is 5.18 Å². The molecule has 4 nitrogen and oxygen atoms in total. The van der Waals surface area contributed by atoms with E-state index in [9.17, 15) is 4.91 Å².